The van der Waals surface area contributed by atoms with E-state index in [2.05, 4.69) is 111 Å². The van der Waals surface area contributed by atoms with Gasteiger partial charge in [-0.1, -0.05) is 426 Å². The van der Waals surface area contributed by atoms with Crippen LogP contribution in [-0.2, 0) is 33.3 Å². The van der Waals surface area contributed by atoms with Crippen molar-refractivity contribution < 1.29 is 42.9 Å². The third-order valence-electron chi connectivity index (χ3n) is 20.3. The maximum absolute atomic E-state index is 13.0. The highest BCUT2D eigenvalue weighted by molar-refractivity contribution is 5.71. The molecule has 105 heavy (non-hydrogen) atoms. The van der Waals surface area contributed by atoms with Crippen molar-refractivity contribution in [1.82, 2.24) is 0 Å². The first-order valence-electron chi connectivity index (χ1n) is 45.4. The van der Waals surface area contributed by atoms with Crippen molar-refractivity contribution in [3.05, 3.63) is 97.2 Å². The molecule has 2 atom stereocenters. The number of esters is 2. The average molecular weight is 1470 g/mol. The van der Waals surface area contributed by atoms with Crippen molar-refractivity contribution in [3.63, 3.8) is 0 Å². The first-order valence-corrected chi connectivity index (χ1v) is 45.4. The molecule has 610 valence electrons. The Hall–Kier alpha value is -3.79. The zero-order valence-corrected chi connectivity index (χ0v) is 70.1. The molecule has 0 rings (SSSR count). The Labute approximate surface area is 652 Å². The molecule has 0 saturated carbocycles. The van der Waals surface area contributed by atoms with E-state index in [1.807, 2.05) is 21.1 Å². The van der Waals surface area contributed by atoms with E-state index >= 15 is 0 Å². The number of hydrogen-bond acceptors (Lipinski definition) is 7. The lowest BCUT2D eigenvalue weighted by Crippen LogP contribution is -2.40. The van der Waals surface area contributed by atoms with Crippen LogP contribution in [-0.4, -0.2) is 87.4 Å². The number of hydrogen-bond donors (Lipinski definition) is 1. The average Bonchev–Trinajstić information content (AvgIpc) is 1.97. The number of rotatable bonds is 85. The van der Waals surface area contributed by atoms with E-state index in [9.17, 15) is 19.5 Å². The fourth-order valence-electron chi connectivity index (χ4n) is 13.5. The first-order chi connectivity index (χ1) is 51.6. The summed E-state index contributed by atoms with van der Waals surface area (Å²) in [6, 6.07) is 0. The van der Waals surface area contributed by atoms with Crippen LogP contribution >= 0.6 is 0 Å². The highest BCUT2D eigenvalue weighted by Gasteiger charge is 2.25. The smallest absolute Gasteiger partial charge is 0.361 e. The minimum absolute atomic E-state index is 0.179. The predicted octanol–water partition coefficient (Wildman–Crippen LogP) is 29.8. The number of allylic oxidation sites excluding steroid dienone is 16. The number of quaternary nitrogens is 1. The minimum atomic E-state index is -1.51. The van der Waals surface area contributed by atoms with Gasteiger partial charge in [0.25, 0.3) is 6.29 Å². The minimum Gasteiger partial charge on any atom is -0.477 e. The zero-order chi connectivity index (χ0) is 76.0. The number of ether oxygens (including phenoxy) is 4. The maximum atomic E-state index is 13.0. The third-order valence-corrected chi connectivity index (χ3v) is 20.3. The van der Waals surface area contributed by atoms with Crippen LogP contribution in [0.5, 0.6) is 0 Å². The monoisotopic (exact) mass is 1470 g/mol. The molecule has 0 aromatic heterocycles. The fraction of sp³-hybridized carbons (Fsp3) is 0.802. The van der Waals surface area contributed by atoms with E-state index in [0.29, 0.717) is 17.4 Å². The first kappa shape index (κ1) is 101. The fourth-order valence-corrected chi connectivity index (χ4v) is 13.5. The number of aliphatic carboxylic acids is 1. The SMILES string of the molecule is CC/C=C\C/C=C\C/C=C\C/C=C\C/C=C\C/C=C\C/C=C\CCCCCCCCCCCCCCCCCCCC(=O)OC(COC(=O)CCCCCCCCCCCCCCCCCCCCCCCCCCCCCCC/C=C\CCCCCCCCCC)COC(OCC[N+](C)(C)C)C(=O)O. The Kier molecular flexibility index (Phi) is 82.7. The topological polar surface area (TPSA) is 108 Å². The molecule has 0 aromatic carbocycles. The van der Waals surface area contributed by atoms with E-state index in [-0.39, 0.29) is 38.2 Å². The molecule has 0 saturated heterocycles. The summed E-state index contributed by atoms with van der Waals surface area (Å²) >= 11 is 0. The maximum Gasteiger partial charge on any atom is 0.361 e. The molecule has 0 aliphatic rings. The summed E-state index contributed by atoms with van der Waals surface area (Å²) in [5, 5.41) is 9.80. The highest BCUT2D eigenvalue weighted by Crippen LogP contribution is 2.20. The Morgan fingerprint density at radius 3 is 0.819 bits per heavy atom. The standard InChI is InChI=1S/C96H173NO8/c1-6-8-10-12-14-16-18-20-22-24-26-28-30-32-34-36-38-40-42-44-46-47-49-50-52-54-56-58-60-62-64-66-68-70-72-74-76-78-80-82-84-86-93(98)103-90-92(91-104-96(95(100)101)102-89-88-97(3,4)5)105-94(99)87-85-83-81-79-77-75-73-71-69-67-65-63-61-59-57-55-53-51-48-45-43-41-39-37-35-33-31-29-27-25-23-21-19-17-15-13-11-9-7-2/h9,11,15,17,21,23-24,26-27,29,33,35,39,41,45,48,92,96H,6-8,10,12-14,16,18-20,22,25,28,30-32,34,36-38,40,42-44,46-47,49-91H2,1-5H3/p+1/b11-9-,17-15-,23-21-,26-24-,29-27-,35-33-,41-39-,48-45-. The van der Waals surface area contributed by atoms with Crippen LogP contribution in [0.4, 0.5) is 0 Å². The van der Waals surface area contributed by atoms with E-state index in [1.54, 1.807) is 0 Å². The van der Waals surface area contributed by atoms with Crippen molar-refractivity contribution >= 4 is 17.9 Å². The predicted molar refractivity (Wildman–Crippen MR) is 456 cm³/mol. The third kappa shape index (κ3) is 87.3. The number of carbonyl (C=O) groups is 3. The summed E-state index contributed by atoms with van der Waals surface area (Å²) in [5.41, 5.74) is 0. The van der Waals surface area contributed by atoms with Crippen LogP contribution in [0.1, 0.15) is 438 Å². The van der Waals surface area contributed by atoms with Crippen molar-refractivity contribution in [2.24, 2.45) is 0 Å². The van der Waals surface area contributed by atoms with Gasteiger partial charge in [-0.2, -0.15) is 0 Å². The number of nitrogens with zero attached hydrogens (tertiary/aromatic N) is 1. The zero-order valence-electron chi connectivity index (χ0n) is 70.1. The molecule has 9 nitrogen and oxygen atoms in total. The van der Waals surface area contributed by atoms with Gasteiger partial charge in [0.05, 0.1) is 34.4 Å². The van der Waals surface area contributed by atoms with Crippen LogP contribution in [0.15, 0.2) is 97.2 Å². The van der Waals surface area contributed by atoms with Gasteiger partial charge in [0.15, 0.2) is 6.10 Å². The van der Waals surface area contributed by atoms with Crippen molar-refractivity contribution in [3.8, 4) is 0 Å². The van der Waals surface area contributed by atoms with Crippen molar-refractivity contribution in [2.45, 2.75) is 450 Å². The summed E-state index contributed by atoms with van der Waals surface area (Å²) in [4.78, 5) is 37.8. The summed E-state index contributed by atoms with van der Waals surface area (Å²) in [6.07, 6.45) is 118. The second-order valence-electron chi connectivity index (χ2n) is 31.9. The van der Waals surface area contributed by atoms with Gasteiger partial charge in [0.2, 0.25) is 0 Å². The molecular weight excluding hydrogens is 1300 g/mol. The molecule has 0 aromatic rings. The normalized spacial score (nSPS) is 13.0. The van der Waals surface area contributed by atoms with Crippen LogP contribution in [0.2, 0.25) is 0 Å². The van der Waals surface area contributed by atoms with Crippen molar-refractivity contribution in [2.75, 3.05) is 47.5 Å². The van der Waals surface area contributed by atoms with E-state index in [0.717, 1.165) is 83.5 Å². The van der Waals surface area contributed by atoms with Gasteiger partial charge >= 0.3 is 17.9 Å². The molecule has 0 spiro atoms. The van der Waals surface area contributed by atoms with E-state index in [1.165, 1.54) is 327 Å². The van der Waals surface area contributed by atoms with Crippen LogP contribution in [0.25, 0.3) is 0 Å². The van der Waals surface area contributed by atoms with Crippen LogP contribution < -0.4 is 0 Å². The van der Waals surface area contributed by atoms with Gasteiger partial charge < -0.3 is 28.5 Å². The summed E-state index contributed by atoms with van der Waals surface area (Å²) in [6.45, 7) is 4.83. The number of likely N-dealkylation sites (N-methyl/N-ethyl adjacent to an activating group) is 1. The number of unbranched alkanes of at least 4 members (excludes halogenated alkanes) is 54. The molecular formula is C96H174NO8+. The molecule has 0 amide bonds. The highest BCUT2D eigenvalue weighted by atomic mass is 16.7. The van der Waals surface area contributed by atoms with Gasteiger partial charge in [-0.3, -0.25) is 9.59 Å². The van der Waals surface area contributed by atoms with E-state index in [4.69, 9.17) is 18.9 Å². The molecule has 0 aliphatic heterocycles. The Bertz CT molecular complexity index is 2060. The largest absolute Gasteiger partial charge is 0.477 e. The Morgan fingerprint density at radius 2 is 0.543 bits per heavy atom. The Morgan fingerprint density at radius 1 is 0.295 bits per heavy atom. The van der Waals surface area contributed by atoms with Gasteiger partial charge in [-0.05, 0) is 96.3 Å². The molecule has 1 N–H and O–H groups in total. The van der Waals surface area contributed by atoms with Gasteiger partial charge in [0.1, 0.15) is 13.2 Å². The second kappa shape index (κ2) is 85.8. The molecule has 0 radical (unpaired) electrons. The lowest BCUT2D eigenvalue weighted by molar-refractivity contribution is -0.870. The van der Waals surface area contributed by atoms with E-state index < -0.39 is 18.4 Å². The van der Waals surface area contributed by atoms with Gasteiger partial charge in [-0.25, -0.2) is 4.79 Å². The summed E-state index contributed by atoms with van der Waals surface area (Å²) < 4.78 is 23.1. The summed E-state index contributed by atoms with van der Waals surface area (Å²) in [7, 11) is 6.00. The van der Waals surface area contributed by atoms with Crippen LogP contribution in [0, 0.1) is 0 Å². The molecule has 0 aliphatic carbocycles. The Balaban J connectivity index is 3.92. The lowest BCUT2D eigenvalue weighted by atomic mass is 10.0. The van der Waals surface area contributed by atoms with Crippen molar-refractivity contribution in [1.29, 1.82) is 0 Å². The quantitative estimate of drug-likeness (QED) is 0.0211. The number of carboxylic acids is 1. The summed E-state index contributed by atoms with van der Waals surface area (Å²) in [5.74, 6) is -1.98. The molecule has 9 heteroatoms. The molecule has 2 unspecified atom stereocenters. The number of carboxylic acid groups (broad SMARTS) is 1. The second-order valence-corrected chi connectivity index (χ2v) is 31.9. The lowest BCUT2D eigenvalue weighted by Gasteiger charge is -2.25. The molecule has 0 fully saturated rings. The number of carbonyl (C=O) groups excluding carboxylic acids is 2. The molecule has 0 heterocycles. The molecule has 0 bridgehead atoms. The van der Waals surface area contributed by atoms with Crippen LogP contribution in [0.3, 0.4) is 0 Å². The van der Waals surface area contributed by atoms with Gasteiger partial charge in [-0.15, -0.1) is 0 Å². The van der Waals surface area contributed by atoms with Gasteiger partial charge in [0, 0.05) is 12.8 Å².